The standard InChI is InChI=1S/C28H33N3O3/c1-30-28(34-23-15-6-3-7-16-23)25(26(29-30)21-11-4-2-5-12-21)20-31(19-24-17-10-18-33-24)27(32)22-13-8-9-14-22/h2-7,11-12,15-16,22,24H,8-10,13-14,17-20H2,1H3/t24-/m0/s1. The number of para-hydroxylation sites is 1. The summed E-state index contributed by atoms with van der Waals surface area (Å²) in [5, 5.41) is 4.84. The summed E-state index contributed by atoms with van der Waals surface area (Å²) in [5.74, 6) is 1.76. The van der Waals surface area contributed by atoms with Crippen LogP contribution >= 0.6 is 0 Å². The third-order valence-electron chi connectivity index (χ3n) is 6.91. The molecule has 1 amide bonds. The summed E-state index contributed by atoms with van der Waals surface area (Å²) in [6, 6.07) is 19.9. The van der Waals surface area contributed by atoms with Crippen molar-refractivity contribution in [2.24, 2.45) is 13.0 Å². The van der Waals surface area contributed by atoms with Crippen LogP contribution in [0.15, 0.2) is 60.7 Å². The van der Waals surface area contributed by atoms with E-state index in [0.717, 1.165) is 67.7 Å². The number of aryl methyl sites for hydroxylation is 1. The van der Waals surface area contributed by atoms with Gasteiger partial charge in [0.05, 0.1) is 18.2 Å². The van der Waals surface area contributed by atoms with Crippen LogP contribution < -0.4 is 4.74 Å². The summed E-state index contributed by atoms with van der Waals surface area (Å²) < 4.78 is 14.1. The molecule has 2 aliphatic rings. The Morgan fingerprint density at radius 3 is 2.41 bits per heavy atom. The molecule has 2 heterocycles. The summed E-state index contributed by atoms with van der Waals surface area (Å²) in [5.41, 5.74) is 2.80. The lowest BCUT2D eigenvalue weighted by molar-refractivity contribution is -0.137. The van der Waals surface area contributed by atoms with Gasteiger partial charge in [0.15, 0.2) is 0 Å². The van der Waals surface area contributed by atoms with Crippen LogP contribution in [0, 0.1) is 5.92 Å². The molecule has 2 aromatic carbocycles. The molecule has 5 rings (SSSR count). The highest BCUT2D eigenvalue weighted by molar-refractivity contribution is 5.79. The first-order valence-corrected chi connectivity index (χ1v) is 12.4. The zero-order chi connectivity index (χ0) is 23.3. The van der Waals surface area contributed by atoms with E-state index in [4.69, 9.17) is 14.6 Å². The molecule has 6 heteroatoms. The molecule has 2 fully saturated rings. The second-order valence-electron chi connectivity index (χ2n) is 9.37. The summed E-state index contributed by atoms with van der Waals surface area (Å²) in [6.07, 6.45) is 6.38. The maximum absolute atomic E-state index is 13.7. The predicted octanol–water partition coefficient (Wildman–Crippen LogP) is 5.58. The molecule has 0 bridgehead atoms. The highest BCUT2D eigenvalue weighted by Gasteiger charge is 2.32. The monoisotopic (exact) mass is 459 g/mol. The smallest absolute Gasteiger partial charge is 0.226 e. The zero-order valence-corrected chi connectivity index (χ0v) is 19.9. The van der Waals surface area contributed by atoms with Crippen LogP contribution in [-0.2, 0) is 23.1 Å². The van der Waals surface area contributed by atoms with Gasteiger partial charge in [-0.2, -0.15) is 5.10 Å². The van der Waals surface area contributed by atoms with E-state index >= 15 is 0 Å². The van der Waals surface area contributed by atoms with Gasteiger partial charge in [0.1, 0.15) is 11.4 Å². The van der Waals surface area contributed by atoms with Crippen LogP contribution in [0.4, 0.5) is 0 Å². The first kappa shape index (κ1) is 22.7. The number of carbonyl (C=O) groups is 1. The maximum Gasteiger partial charge on any atom is 0.226 e. The van der Waals surface area contributed by atoms with E-state index in [0.29, 0.717) is 19.0 Å². The molecule has 0 N–H and O–H groups in total. The molecule has 6 nitrogen and oxygen atoms in total. The highest BCUT2D eigenvalue weighted by atomic mass is 16.5. The molecule has 1 aromatic heterocycles. The summed E-state index contributed by atoms with van der Waals surface area (Å²) in [4.78, 5) is 15.7. The van der Waals surface area contributed by atoms with Crippen molar-refractivity contribution < 1.29 is 14.3 Å². The molecule has 3 aromatic rings. The van der Waals surface area contributed by atoms with Gasteiger partial charge in [0.2, 0.25) is 11.8 Å². The molecule has 0 spiro atoms. The molecule has 1 aliphatic heterocycles. The Kier molecular flexibility index (Phi) is 6.95. The fraction of sp³-hybridized carbons (Fsp3) is 0.429. The van der Waals surface area contributed by atoms with Gasteiger partial charge in [-0.1, -0.05) is 61.4 Å². The number of hydrogen-bond donors (Lipinski definition) is 0. The van der Waals surface area contributed by atoms with Gasteiger partial charge in [-0.25, -0.2) is 4.68 Å². The largest absolute Gasteiger partial charge is 0.439 e. The van der Waals surface area contributed by atoms with Crippen molar-refractivity contribution in [2.45, 2.75) is 51.2 Å². The first-order chi connectivity index (χ1) is 16.7. The number of ether oxygens (including phenoxy) is 2. The van der Waals surface area contributed by atoms with Crippen LogP contribution in [0.5, 0.6) is 11.6 Å². The average molecular weight is 460 g/mol. The Morgan fingerprint density at radius 2 is 1.74 bits per heavy atom. The molecule has 34 heavy (non-hydrogen) atoms. The summed E-state index contributed by atoms with van der Waals surface area (Å²) >= 11 is 0. The van der Waals surface area contributed by atoms with Crippen LogP contribution in [0.2, 0.25) is 0 Å². The molecular formula is C28H33N3O3. The summed E-state index contributed by atoms with van der Waals surface area (Å²) in [7, 11) is 1.90. The fourth-order valence-electron chi connectivity index (χ4n) is 5.14. The lowest BCUT2D eigenvalue weighted by Crippen LogP contribution is -2.40. The molecule has 0 unspecified atom stereocenters. The Balaban J connectivity index is 1.52. The average Bonchev–Trinajstić information content (AvgIpc) is 3.64. The molecular weight excluding hydrogens is 426 g/mol. The molecule has 178 valence electrons. The molecule has 1 saturated heterocycles. The van der Waals surface area contributed by atoms with Crippen LogP contribution in [0.1, 0.15) is 44.1 Å². The molecule has 0 radical (unpaired) electrons. The number of aromatic nitrogens is 2. The van der Waals surface area contributed by atoms with Crippen molar-refractivity contribution in [2.75, 3.05) is 13.2 Å². The van der Waals surface area contributed by atoms with Crippen molar-refractivity contribution in [3.05, 3.63) is 66.2 Å². The molecule has 1 atom stereocenters. The van der Waals surface area contributed by atoms with E-state index in [1.807, 2.05) is 60.5 Å². The highest BCUT2D eigenvalue weighted by Crippen LogP contribution is 2.35. The van der Waals surface area contributed by atoms with Gasteiger partial charge in [-0.05, 0) is 37.8 Å². The van der Waals surface area contributed by atoms with E-state index in [9.17, 15) is 4.79 Å². The minimum atomic E-state index is 0.0979. The van der Waals surface area contributed by atoms with Gasteiger partial charge in [0.25, 0.3) is 0 Å². The number of amides is 1. The number of hydrogen-bond acceptors (Lipinski definition) is 4. The van der Waals surface area contributed by atoms with Crippen LogP contribution in [-0.4, -0.2) is 39.8 Å². The Morgan fingerprint density at radius 1 is 1.03 bits per heavy atom. The Labute approximate surface area is 201 Å². The van der Waals surface area contributed by atoms with E-state index < -0.39 is 0 Å². The fourth-order valence-corrected chi connectivity index (χ4v) is 5.14. The van der Waals surface area contributed by atoms with Crippen molar-refractivity contribution >= 4 is 5.91 Å². The first-order valence-electron chi connectivity index (χ1n) is 12.4. The minimum absolute atomic E-state index is 0.0979. The van der Waals surface area contributed by atoms with Gasteiger partial charge < -0.3 is 14.4 Å². The zero-order valence-electron chi connectivity index (χ0n) is 19.9. The third-order valence-corrected chi connectivity index (χ3v) is 6.91. The van der Waals surface area contributed by atoms with Crippen molar-refractivity contribution in [1.29, 1.82) is 0 Å². The quantitative estimate of drug-likeness (QED) is 0.441. The van der Waals surface area contributed by atoms with Crippen molar-refractivity contribution in [3.8, 4) is 22.9 Å². The van der Waals surface area contributed by atoms with Gasteiger partial charge in [-0.15, -0.1) is 0 Å². The topological polar surface area (TPSA) is 56.6 Å². The normalized spacial score (nSPS) is 18.3. The van der Waals surface area contributed by atoms with Crippen LogP contribution in [0.25, 0.3) is 11.3 Å². The van der Waals surface area contributed by atoms with Gasteiger partial charge in [0, 0.05) is 31.7 Å². The van der Waals surface area contributed by atoms with E-state index in [2.05, 4.69) is 12.1 Å². The number of benzene rings is 2. The maximum atomic E-state index is 13.7. The van der Waals surface area contributed by atoms with Gasteiger partial charge in [-0.3, -0.25) is 4.79 Å². The second-order valence-corrected chi connectivity index (χ2v) is 9.37. The lowest BCUT2D eigenvalue weighted by Gasteiger charge is -2.28. The van der Waals surface area contributed by atoms with Gasteiger partial charge >= 0.3 is 0 Å². The Hall–Kier alpha value is -3.12. The number of carbonyl (C=O) groups excluding carboxylic acids is 1. The third kappa shape index (κ3) is 5.02. The second kappa shape index (κ2) is 10.4. The summed E-state index contributed by atoms with van der Waals surface area (Å²) in [6.45, 7) is 1.85. The van der Waals surface area contributed by atoms with E-state index in [1.54, 1.807) is 4.68 Å². The molecule has 1 aliphatic carbocycles. The molecule has 1 saturated carbocycles. The predicted molar refractivity (Wildman–Crippen MR) is 132 cm³/mol. The number of nitrogens with zero attached hydrogens (tertiary/aromatic N) is 3. The Bertz CT molecular complexity index is 1080. The van der Waals surface area contributed by atoms with Crippen molar-refractivity contribution in [1.82, 2.24) is 14.7 Å². The van der Waals surface area contributed by atoms with E-state index in [1.165, 1.54) is 0 Å². The number of rotatable bonds is 8. The minimum Gasteiger partial charge on any atom is -0.439 e. The van der Waals surface area contributed by atoms with Crippen molar-refractivity contribution in [3.63, 3.8) is 0 Å². The van der Waals surface area contributed by atoms with Crippen LogP contribution in [0.3, 0.4) is 0 Å². The SMILES string of the molecule is Cn1nc(-c2ccccc2)c(CN(C[C@@H]2CCCO2)C(=O)C2CCCC2)c1Oc1ccccc1. The lowest BCUT2D eigenvalue weighted by atomic mass is 10.0. The van der Waals surface area contributed by atoms with E-state index in [-0.39, 0.29) is 17.9 Å².